The van der Waals surface area contributed by atoms with Crippen LogP contribution < -0.4 is 15.1 Å². The minimum Gasteiger partial charge on any atom is -0.497 e. The highest BCUT2D eigenvalue weighted by Crippen LogP contribution is 2.40. The number of aryl methyl sites for hydroxylation is 1. The number of hydrogen-bond acceptors (Lipinski definition) is 4. The molecule has 0 saturated heterocycles. The van der Waals surface area contributed by atoms with Crippen molar-refractivity contribution in [1.82, 2.24) is 0 Å². The molecule has 1 aromatic heterocycles. The molecule has 0 radical (unpaired) electrons. The third kappa shape index (κ3) is 3.43. The molecule has 0 atom stereocenters. The maximum atomic E-state index is 14.5. The van der Waals surface area contributed by atoms with Gasteiger partial charge in [0.1, 0.15) is 28.9 Å². The van der Waals surface area contributed by atoms with Crippen LogP contribution in [0.1, 0.15) is 11.3 Å². The van der Waals surface area contributed by atoms with Crippen molar-refractivity contribution in [2.45, 2.75) is 13.8 Å². The fourth-order valence-electron chi connectivity index (χ4n) is 3.06. The summed E-state index contributed by atoms with van der Waals surface area (Å²) < 4.78 is 43.9. The predicted octanol–water partition coefficient (Wildman–Crippen LogP) is 4.89. The van der Waals surface area contributed by atoms with Gasteiger partial charge in [0.25, 0.3) is 0 Å². The number of benzene rings is 2. The fraction of sp³-hybridized carbons (Fsp3) is 0.190. The van der Waals surface area contributed by atoms with Gasteiger partial charge in [-0.2, -0.15) is 0 Å². The van der Waals surface area contributed by atoms with Crippen molar-refractivity contribution in [2.24, 2.45) is 0 Å². The molecular weight excluding hydrogens is 354 g/mol. The Labute approximate surface area is 155 Å². The largest absolute Gasteiger partial charge is 0.497 e. The van der Waals surface area contributed by atoms with Crippen molar-refractivity contribution >= 4 is 0 Å². The second-order valence-corrected chi connectivity index (χ2v) is 6.05. The van der Waals surface area contributed by atoms with Crippen molar-refractivity contribution in [3.63, 3.8) is 0 Å². The van der Waals surface area contributed by atoms with Gasteiger partial charge in [0.2, 0.25) is 0 Å². The van der Waals surface area contributed by atoms with Crippen molar-refractivity contribution in [3.05, 3.63) is 69.8 Å². The molecule has 0 aliphatic rings. The molecule has 140 valence electrons. The van der Waals surface area contributed by atoms with Gasteiger partial charge in [-0.1, -0.05) is 0 Å². The summed E-state index contributed by atoms with van der Waals surface area (Å²) in [6.07, 6.45) is 0. The molecule has 0 saturated carbocycles. The molecule has 3 rings (SSSR count). The first-order valence-corrected chi connectivity index (χ1v) is 8.19. The smallest absolute Gasteiger partial charge is 0.339 e. The second kappa shape index (κ2) is 7.23. The van der Waals surface area contributed by atoms with Gasteiger partial charge >= 0.3 is 5.63 Å². The average molecular weight is 372 g/mol. The van der Waals surface area contributed by atoms with Crippen LogP contribution >= 0.6 is 0 Å². The van der Waals surface area contributed by atoms with E-state index in [1.54, 1.807) is 32.0 Å². The summed E-state index contributed by atoms with van der Waals surface area (Å²) in [6, 6.07) is 8.41. The van der Waals surface area contributed by atoms with E-state index in [1.165, 1.54) is 20.3 Å². The van der Waals surface area contributed by atoms with E-state index in [2.05, 4.69) is 0 Å². The molecule has 0 aliphatic heterocycles. The molecule has 0 N–H and O–H groups in total. The summed E-state index contributed by atoms with van der Waals surface area (Å²) in [4.78, 5) is 12.2. The van der Waals surface area contributed by atoms with E-state index < -0.39 is 17.3 Å². The predicted molar refractivity (Wildman–Crippen MR) is 98.3 cm³/mol. The summed E-state index contributed by atoms with van der Waals surface area (Å²) in [6.45, 7) is 3.16. The van der Waals surface area contributed by atoms with Gasteiger partial charge in [-0.15, -0.1) is 0 Å². The van der Waals surface area contributed by atoms with Crippen LogP contribution in [0.4, 0.5) is 8.78 Å². The van der Waals surface area contributed by atoms with Crippen molar-refractivity contribution in [1.29, 1.82) is 0 Å². The van der Waals surface area contributed by atoms with Gasteiger partial charge in [-0.25, -0.2) is 13.6 Å². The topological polar surface area (TPSA) is 48.7 Å². The molecule has 27 heavy (non-hydrogen) atoms. The van der Waals surface area contributed by atoms with Crippen LogP contribution in [0.25, 0.3) is 22.3 Å². The van der Waals surface area contributed by atoms with Crippen LogP contribution in [0, 0.1) is 25.5 Å². The van der Waals surface area contributed by atoms with E-state index in [4.69, 9.17) is 13.9 Å². The first kappa shape index (κ1) is 18.6. The lowest BCUT2D eigenvalue weighted by atomic mass is 9.91. The molecule has 4 nitrogen and oxygen atoms in total. The zero-order chi connectivity index (χ0) is 19.7. The Morgan fingerprint density at radius 2 is 1.52 bits per heavy atom. The summed E-state index contributed by atoms with van der Waals surface area (Å²) in [5.74, 6) is -0.103. The molecule has 0 fully saturated rings. The standard InChI is InChI=1S/C21H18F2O4/c1-11-19(17-6-5-14(22)9-18(17)23)20(12(2)27-21(11)24)13-7-15(25-3)10-16(8-13)26-4/h5-10H,1-4H3. The van der Waals surface area contributed by atoms with Gasteiger partial charge in [0.15, 0.2) is 0 Å². The summed E-state index contributed by atoms with van der Waals surface area (Å²) in [7, 11) is 3.03. The molecule has 3 aromatic rings. The maximum Gasteiger partial charge on any atom is 0.339 e. The Morgan fingerprint density at radius 3 is 2.07 bits per heavy atom. The average Bonchev–Trinajstić information content (AvgIpc) is 2.64. The van der Waals surface area contributed by atoms with E-state index in [9.17, 15) is 13.6 Å². The van der Waals surface area contributed by atoms with Crippen LogP contribution in [0.2, 0.25) is 0 Å². The Balaban J connectivity index is 2.41. The lowest BCUT2D eigenvalue weighted by molar-refractivity contribution is 0.394. The molecule has 0 amide bonds. The molecule has 2 aromatic carbocycles. The quantitative estimate of drug-likeness (QED) is 0.655. The molecular formula is C21H18F2O4. The van der Waals surface area contributed by atoms with Crippen LogP contribution in [0.3, 0.4) is 0 Å². The number of halogens is 2. The Hall–Kier alpha value is -3.15. The van der Waals surface area contributed by atoms with E-state index in [1.807, 2.05) is 0 Å². The van der Waals surface area contributed by atoms with E-state index >= 15 is 0 Å². The highest BCUT2D eigenvalue weighted by atomic mass is 19.1. The Bertz CT molecular complexity index is 1050. The molecule has 0 bridgehead atoms. The lowest BCUT2D eigenvalue weighted by Crippen LogP contribution is -2.09. The van der Waals surface area contributed by atoms with Gasteiger partial charge in [0, 0.05) is 34.4 Å². The molecule has 0 spiro atoms. The monoisotopic (exact) mass is 372 g/mol. The van der Waals surface area contributed by atoms with Gasteiger partial charge in [-0.3, -0.25) is 0 Å². The SMILES string of the molecule is COc1cc(OC)cc(-c2c(C)oc(=O)c(C)c2-c2ccc(F)cc2F)c1. The van der Waals surface area contributed by atoms with Crippen LogP contribution in [0.15, 0.2) is 45.6 Å². The first-order valence-electron chi connectivity index (χ1n) is 8.19. The lowest BCUT2D eigenvalue weighted by Gasteiger charge is -2.16. The number of rotatable bonds is 4. The Morgan fingerprint density at radius 1 is 0.889 bits per heavy atom. The number of hydrogen-bond donors (Lipinski definition) is 0. The van der Waals surface area contributed by atoms with Crippen molar-refractivity contribution in [2.75, 3.05) is 14.2 Å². The Kier molecular flexibility index (Phi) is 4.99. The maximum absolute atomic E-state index is 14.5. The van der Waals surface area contributed by atoms with Crippen molar-refractivity contribution < 1.29 is 22.7 Å². The first-order chi connectivity index (χ1) is 12.8. The molecule has 0 unspecified atom stereocenters. The third-order valence-electron chi connectivity index (χ3n) is 4.37. The van der Waals surface area contributed by atoms with E-state index in [0.29, 0.717) is 33.9 Å². The van der Waals surface area contributed by atoms with E-state index in [-0.39, 0.29) is 11.1 Å². The van der Waals surface area contributed by atoms with Crippen LogP contribution in [0.5, 0.6) is 11.5 Å². The zero-order valence-electron chi connectivity index (χ0n) is 15.4. The van der Waals surface area contributed by atoms with E-state index in [0.717, 1.165) is 12.1 Å². The van der Waals surface area contributed by atoms with Gasteiger partial charge in [-0.05, 0) is 43.7 Å². The van der Waals surface area contributed by atoms with Crippen LogP contribution in [-0.2, 0) is 0 Å². The normalized spacial score (nSPS) is 10.7. The summed E-state index contributed by atoms with van der Waals surface area (Å²) in [5.41, 5.74) is 1.23. The summed E-state index contributed by atoms with van der Waals surface area (Å²) in [5, 5.41) is 0. The van der Waals surface area contributed by atoms with Gasteiger partial charge in [0.05, 0.1) is 14.2 Å². The number of ether oxygens (including phenoxy) is 2. The third-order valence-corrected chi connectivity index (χ3v) is 4.37. The van der Waals surface area contributed by atoms with Crippen molar-refractivity contribution in [3.8, 4) is 33.8 Å². The van der Waals surface area contributed by atoms with Gasteiger partial charge < -0.3 is 13.9 Å². The minimum atomic E-state index is -0.765. The highest BCUT2D eigenvalue weighted by molar-refractivity contribution is 5.87. The zero-order valence-corrected chi connectivity index (χ0v) is 15.4. The molecule has 0 aliphatic carbocycles. The number of methoxy groups -OCH3 is 2. The summed E-state index contributed by atoms with van der Waals surface area (Å²) >= 11 is 0. The minimum absolute atomic E-state index is 0.113. The fourth-order valence-corrected chi connectivity index (χ4v) is 3.06. The second-order valence-electron chi connectivity index (χ2n) is 6.05. The molecule has 6 heteroatoms. The highest BCUT2D eigenvalue weighted by Gasteiger charge is 2.21. The molecule has 1 heterocycles. The van der Waals surface area contributed by atoms with Crippen LogP contribution in [-0.4, -0.2) is 14.2 Å².